The minimum Gasteiger partial charge on any atom is -0.451 e. The second kappa shape index (κ2) is 5.21. The molecule has 0 radical (unpaired) electrons. The van der Waals surface area contributed by atoms with Crippen molar-refractivity contribution in [1.82, 2.24) is 4.98 Å². The number of furan rings is 1. The van der Waals surface area contributed by atoms with Crippen LogP contribution in [-0.2, 0) is 6.54 Å². The molecule has 0 saturated heterocycles. The van der Waals surface area contributed by atoms with Crippen molar-refractivity contribution in [2.75, 3.05) is 5.32 Å². The Kier molecular flexibility index (Phi) is 3.89. The summed E-state index contributed by atoms with van der Waals surface area (Å²) in [7, 11) is 0. The van der Waals surface area contributed by atoms with Crippen LogP contribution in [0.2, 0.25) is 5.15 Å². The molecular weight excluding hydrogens is 359 g/mol. The largest absolute Gasteiger partial charge is 0.451 e. The third kappa shape index (κ3) is 2.78. The molecule has 0 aromatic carbocycles. The molecule has 0 aliphatic rings. The molecule has 2 aromatic rings. The number of rotatable bonds is 3. The molecule has 2 rings (SSSR count). The minimum absolute atomic E-state index is 0.451. The Hall–Kier alpha value is -0.520. The lowest BCUT2D eigenvalue weighted by molar-refractivity contribution is 0.494. The molecular formula is C10H7Br2ClN2O. The lowest BCUT2D eigenvalue weighted by Crippen LogP contribution is -1.99. The van der Waals surface area contributed by atoms with E-state index in [-0.39, 0.29) is 0 Å². The molecule has 6 heteroatoms. The Morgan fingerprint density at radius 2 is 2.25 bits per heavy atom. The molecule has 0 atom stereocenters. The average Bonchev–Trinajstić information content (AvgIpc) is 2.57. The Bertz CT molecular complexity index is 482. The first-order valence-corrected chi connectivity index (χ1v) is 6.41. The Balaban J connectivity index is 2.05. The summed E-state index contributed by atoms with van der Waals surface area (Å²) in [4.78, 5) is 3.97. The van der Waals surface area contributed by atoms with Gasteiger partial charge >= 0.3 is 0 Å². The maximum absolute atomic E-state index is 5.90. The van der Waals surface area contributed by atoms with Gasteiger partial charge in [0.1, 0.15) is 5.76 Å². The Labute approximate surface area is 114 Å². The van der Waals surface area contributed by atoms with Gasteiger partial charge in [-0.05, 0) is 50.1 Å². The molecule has 0 spiro atoms. The van der Waals surface area contributed by atoms with Gasteiger partial charge in [-0.1, -0.05) is 11.6 Å². The van der Waals surface area contributed by atoms with Gasteiger partial charge in [-0.25, -0.2) is 4.98 Å². The number of hydrogen-bond acceptors (Lipinski definition) is 3. The van der Waals surface area contributed by atoms with Crippen LogP contribution in [0.4, 0.5) is 5.69 Å². The summed E-state index contributed by atoms with van der Waals surface area (Å²) in [6, 6.07) is 5.58. The molecule has 0 fully saturated rings. The topological polar surface area (TPSA) is 38.1 Å². The lowest BCUT2D eigenvalue weighted by Gasteiger charge is -2.04. The van der Waals surface area contributed by atoms with Gasteiger partial charge in [-0.15, -0.1) is 0 Å². The Morgan fingerprint density at radius 3 is 2.88 bits per heavy atom. The molecule has 16 heavy (non-hydrogen) atoms. The minimum atomic E-state index is 0.451. The van der Waals surface area contributed by atoms with Gasteiger partial charge in [0.05, 0.1) is 16.7 Å². The molecule has 2 aromatic heterocycles. The van der Waals surface area contributed by atoms with E-state index in [4.69, 9.17) is 16.0 Å². The maximum Gasteiger partial charge on any atom is 0.183 e. The van der Waals surface area contributed by atoms with E-state index < -0.39 is 0 Å². The van der Waals surface area contributed by atoms with Crippen LogP contribution < -0.4 is 5.32 Å². The van der Waals surface area contributed by atoms with Gasteiger partial charge in [0.2, 0.25) is 0 Å². The van der Waals surface area contributed by atoms with E-state index in [1.54, 1.807) is 6.20 Å². The van der Waals surface area contributed by atoms with Crippen molar-refractivity contribution in [3.8, 4) is 0 Å². The van der Waals surface area contributed by atoms with Crippen LogP contribution in [0, 0.1) is 0 Å². The summed E-state index contributed by atoms with van der Waals surface area (Å²) < 4.78 is 6.99. The standard InChI is InChI=1S/C10H7Br2ClN2O/c11-7-4-6(16-9(7)12)5-15-8-2-1-3-14-10(8)13/h1-4,15H,5H2. The number of anilines is 1. The Morgan fingerprint density at radius 1 is 1.44 bits per heavy atom. The molecule has 1 N–H and O–H groups in total. The van der Waals surface area contributed by atoms with E-state index >= 15 is 0 Å². The number of nitrogens with one attached hydrogen (secondary N) is 1. The van der Waals surface area contributed by atoms with Crippen molar-refractivity contribution < 1.29 is 4.42 Å². The fourth-order valence-corrected chi connectivity index (χ4v) is 2.02. The zero-order valence-corrected chi connectivity index (χ0v) is 11.9. The van der Waals surface area contributed by atoms with Gasteiger partial charge < -0.3 is 9.73 Å². The second-order valence-corrected chi connectivity index (χ2v) is 4.96. The molecule has 0 unspecified atom stereocenters. The first kappa shape index (κ1) is 12.0. The van der Waals surface area contributed by atoms with Crippen LogP contribution in [0.1, 0.15) is 5.76 Å². The predicted molar refractivity (Wildman–Crippen MR) is 70.7 cm³/mol. The second-order valence-electron chi connectivity index (χ2n) is 3.03. The van der Waals surface area contributed by atoms with Crippen LogP contribution in [0.3, 0.4) is 0 Å². The fourth-order valence-electron chi connectivity index (χ4n) is 1.18. The summed E-state index contributed by atoms with van der Waals surface area (Å²) in [5.74, 6) is 0.804. The van der Waals surface area contributed by atoms with Crippen molar-refractivity contribution in [2.24, 2.45) is 0 Å². The van der Waals surface area contributed by atoms with Gasteiger partial charge in [-0.3, -0.25) is 0 Å². The highest BCUT2D eigenvalue weighted by Crippen LogP contribution is 2.27. The summed E-state index contributed by atoms with van der Waals surface area (Å²) in [5.41, 5.74) is 0.785. The van der Waals surface area contributed by atoms with Crippen LogP contribution in [0.5, 0.6) is 0 Å². The monoisotopic (exact) mass is 364 g/mol. The number of hydrogen-bond donors (Lipinski definition) is 1. The number of nitrogens with zero attached hydrogens (tertiary/aromatic N) is 1. The lowest BCUT2D eigenvalue weighted by atomic mass is 10.4. The summed E-state index contributed by atoms with van der Waals surface area (Å²) >= 11 is 12.5. The van der Waals surface area contributed by atoms with E-state index in [1.807, 2.05) is 18.2 Å². The fraction of sp³-hybridized carbons (Fsp3) is 0.100. The van der Waals surface area contributed by atoms with Crippen LogP contribution in [0.15, 0.2) is 38.0 Å². The van der Waals surface area contributed by atoms with Crippen molar-refractivity contribution in [3.63, 3.8) is 0 Å². The zero-order chi connectivity index (χ0) is 11.5. The van der Waals surface area contributed by atoms with Crippen LogP contribution >= 0.6 is 43.5 Å². The normalized spacial score (nSPS) is 10.4. The molecule has 0 bridgehead atoms. The summed E-state index contributed by atoms with van der Waals surface area (Å²) in [5, 5.41) is 3.59. The zero-order valence-electron chi connectivity index (χ0n) is 8.01. The third-order valence-corrected chi connectivity index (χ3v) is 3.92. The van der Waals surface area contributed by atoms with E-state index in [0.717, 1.165) is 15.9 Å². The summed E-state index contributed by atoms with van der Waals surface area (Å²) in [6.07, 6.45) is 1.65. The SMILES string of the molecule is Clc1ncccc1NCc1cc(Br)c(Br)o1. The molecule has 0 aliphatic carbocycles. The molecule has 0 saturated carbocycles. The van der Waals surface area contributed by atoms with E-state index in [1.165, 1.54) is 0 Å². The van der Waals surface area contributed by atoms with Gasteiger partial charge in [0.15, 0.2) is 9.82 Å². The highest BCUT2D eigenvalue weighted by Gasteiger charge is 2.06. The smallest absolute Gasteiger partial charge is 0.183 e. The van der Waals surface area contributed by atoms with E-state index in [2.05, 4.69) is 42.2 Å². The molecule has 0 aliphatic heterocycles. The maximum atomic E-state index is 5.90. The molecule has 3 nitrogen and oxygen atoms in total. The number of halogens is 3. The molecule has 2 heterocycles. The molecule has 0 amide bonds. The highest BCUT2D eigenvalue weighted by molar-refractivity contribution is 9.13. The van der Waals surface area contributed by atoms with Crippen molar-refractivity contribution >= 4 is 49.1 Å². The van der Waals surface area contributed by atoms with Crippen LogP contribution in [-0.4, -0.2) is 4.98 Å². The number of aromatic nitrogens is 1. The van der Waals surface area contributed by atoms with Crippen LogP contribution in [0.25, 0.3) is 0 Å². The van der Waals surface area contributed by atoms with Crippen molar-refractivity contribution in [2.45, 2.75) is 6.54 Å². The third-order valence-electron chi connectivity index (χ3n) is 1.91. The average molecular weight is 366 g/mol. The first-order valence-electron chi connectivity index (χ1n) is 4.45. The van der Waals surface area contributed by atoms with E-state index in [9.17, 15) is 0 Å². The quantitative estimate of drug-likeness (QED) is 0.815. The number of pyridine rings is 1. The highest BCUT2D eigenvalue weighted by atomic mass is 79.9. The van der Waals surface area contributed by atoms with Crippen molar-refractivity contribution in [1.29, 1.82) is 0 Å². The summed E-state index contributed by atoms with van der Waals surface area (Å²) in [6.45, 7) is 0.551. The van der Waals surface area contributed by atoms with Gasteiger partial charge in [-0.2, -0.15) is 0 Å². The van der Waals surface area contributed by atoms with E-state index in [0.29, 0.717) is 16.4 Å². The van der Waals surface area contributed by atoms with Crippen molar-refractivity contribution in [3.05, 3.63) is 44.5 Å². The van der Waals surface area contributed by atoms with Gasteiger partial charge in [0, 0.05) is 6.20 Å². The van der Waals surface area contributed by atoms with Gasteiger partial charge in [0.25, 0.3) is 0 Å². The molecule has 84 valence electrons. The predicted octanol–water partition coefficient (Wildman–Crippen LogP) is 4.47. The first-order chi connectivity index (χ1) is 7.66.